The molecule has 1 unspecified atom stereocenters. The van der Waals surface area contributed by atoms with E-state index in [1.54, 1.807) is 33.5 Å². The van der Waals surface area contributed by atoms with Crippen molar-refractivity contribution in [2.45, 2.75) is 13.0 Å². The molecule has 1 rings (SSSR count). The Morgan fingerprint density at radius 3 is 1.88 bits per heavy atom. The molecule has 0 radical (unpaired) electrons. The second-order valence-corrected chi connectivity index (χ2v) is 3.23. The fourth-order valence-electron chi connectivity index (χ4n) is 1.44. The van der Waals surface area contributed by atoms with Crippen LogP contribution in [-0.2, 0) is 4.84 Å². The molecule has 0 fully saturated rings. The second kappa shape index (κ2) is 5.58. The molecule has 1 aromatic carbocycles. The summed E-state index contributed by atoms with van der Waals surface area (Å²) in [5.74, 6) is 7.03. The van der Waals surface area contributed by atoms with Gasteiger partial charge in [-0.3, -0.25) is 4.84 Å². The monoisotopic (exact) mass is 227 g/mol. The summed E-state index contributed by atoms with van der Waals surface area (Å²) in [7, 11) is 4.72. The summed E-state index contributed by atoms with van der Waals surface area (Å²) < 4.78 is 15.6. The number of hydrogen-bond donors (Lipinski definition) is 1. The van der Waals surface area contributed by atoms with E-state index in [0.29, 0.717) is 17.2 Å². The van der Waals surface area contributed by atoms with E-state index in [0.717, 1.165) is 5.56 Å². The van der Waals surface area contributed by atoms with Gasteiger partial charge >= 0.3 is 0 Å². The van der Waals surface area contributed by atoms with Crippen molar-refractivity contribution in [1.82, 2.24) is 0 Å². The van der Waals surface area contributed by atoms with Gasteiger partial charge in [-0.15, -0.1) is 0 Å². The van der Waals surface area contributed by atoms with E-state index < -0.39 is 0 Å². The molecule has 0 saturated carbocycles. The molecule has 0 aliphatic carbocycles. The standard InChI is InChI=1S/C11H17NO4/c1-7(16-12)8-5-10(14-3)11(15-4)6-9(8)13-2/h5-7H,12H2,1-4H3. The summed E-state index contributed by atoms with van der Waals surface area (Å²) in [6, 6.07) is 3.53. The molecule has 1 aromatic rings. The molecule has 0 aliphatic heterocycles. The minimum absolute atomic E-state index is 0.283. The highest BCUT2D eigenvalue weighted by Gasteiger charge is 2.16. The van der Waals surface area contributed by atoms with Gasteiger partial charge in [-0.05, 0) is 13.0 Å². The molecule has 5 nitrogen and oxygen atoms in total. The zero-order chi connectivity index (χ0) is 12.1. The van der Waals surface area contributed by atoms with E-state index in [-0.39, 0.29) is 6.10 Å². The number of hydrogen-bond acceptors (Lipinski definition) is 5. The number of benzene rings is 1. The molecule has 0 spiro atoms. The molecule has 0 amide bonds. The van der Waals surface area contributed by atoms with E-state index in [4.69, 9.17) is 24.9 Å². The predicted octanol–water partition coefficient (Wildman–Crippen LogP) is 1.66. The van der Waals surface area contributed by atoms with Crippen LogP contribution in [0, 0.1) is 0 Å². The summed E-state index contributed by atoms with van der Waals surface area (Å²) in [4.78, 5) is 4.78. The Kier molecular flexibility index (Phi) is 4.39. The molecule has 1 atom stereocenters. The third-order valence-corrected chi connectivity index (χ3v) is 2.38. The molecule has 0 bridgehead atoms. The number of nitrogens with two attached hydrogens (primary N) is 1. The molecule has 0 aromatic heterocycles. The van der Waals surface area contributed by atoms with Gasteiger partial charge in [-0.2, -0.15) is 0 Å². The zero-order valence-corrected chi connectivity index (χ0v) is 9.94. The van der Waals surface area contributed by atoms with Gasteiger partial charge in [-0.25, -0.2) is 5.90 Å². The third kappa shape index (κ3) is 2.37. The average molecular weight is 227 g/mol. The lowest BCUT2D eigenvalue weighted by Crippen LogP contribution is -2.07. The number of rotatable bonds is 5. The van der Waals surface area contributed by atoms with Crippen LogP contribution in [0.2, 0.25) is 0 Å². The second-order valence-electron chi connectivity index (χ2n) is 3.23. The third-order valence-electron chi connectivity index (χ3n) is 2.38. The van der Waals surface area contributed by atoms with Crippen molar-refractivity contribution in [3.8, 4) is 17.2 Å². The van der Waals surface area contributed by atoms with Crippen LogP contribution in [0.5, 0.6) is 17.2 Å². The van der Waals surface area contributed by atoms with Crippen LogP contribution in [0.25, 0.3) is 0 Å². The Balaban J connectivity index is 3.25. The molecular formula is C11H17NO4. The van der Waals surface area contributed by atoms with E-state index in [1.165, 1.54) is 0 Å². The van der Waals surface area contributed by atoms with Gasteiger partial charge in [0.1, 0.15) is 11.9 Å². The summed E-state index contributed by atoms with van der Waals surface area (Å²) in [5.41, 5.74) is 0.808. The number of methoxy groups -OCH3 is 3. The van der Waals surface area contributed by atoms with Crippen LogP contribution in [0.15, 0.2) is 12.1 Å². The van der Waals surface area contributed by atoms with Gasteiger partial charge in [0.25, 0.3) is 0 Å². The van der Waals surface area contributed by atoms with Crippen molar-refractivity contribution in [1.29, 1.82) is 0 Å². The largest absolute Gasteiger partial charge is 0.496 e. The maximum absolute atomic E-state index is 5.24. The zero-order valence-electron chi connectivity index (χ0n) is 9.94. The highest BCUT2D eigenvalue weighted by molar-refractivity contribution is 5.51. The molecule has 0 aliphatic rings. The van der Waals surface area contributed by atoms with Crippen molar-refractivity contribution < 1.29 is 19.0 Å². The van der Waals surface area contributed by atoms with Gasteiger partial charge in [-0.1, -0.05) is 0 Å². The van der Waals surface area contributed by atoms with Gasteiger partial charge in [0.2, 0.25) is 0 Å². The molecule has 0 heterocycles. The Bertz CT molecular complexity index is 354. The van der Waals surface area contributed by atoms with E-state index in [2.05, 4.69) is 0 Å². The quantitative estimate of drug-likeness (QED) is 0.775. The van der Waals surface area contributed by atoms with Crippen LogP contribution in [0.3, 0.4) is 0 Å². The molecule has 16 heavy (non-hydrogen) atoms. The van der Waals surface area contributed by atoms with Crippen molar-refractivity contribution in [3.63, 3.8) is 0 Å². The highest BCUT2D eigenvalue weighted by Crippen LogP contribution is 2.37. The fraction of sp³-hybridized carbons (Fsp3) is 0.455. The lowest BCUT2D eigenvalue weighted by atomic mass is 10.1. The Morgan fingerprint density at radius 1 is 0.938 bits per heavy atom. The average Bonchev–Trinajstić information content (AvgIpc) is 2.35. The van der Waals surface area contributed by atoms with Crippen LogP contribution < -0.4 is 20.1 Å². The summed E-state index contributed by atoms with van der Waals surface area (Å²) >= 11 is 0. The first-order chi connectivity index (χ1) is 7.67. The van der Waals surface area contributed by atoms with Gasteiger partial charge in [0.05, 0.1) is 21.3 Å². The molecular weight excluding hydrogens is 210 g/mol. The highest BCUT2D eigenvalue weighted by atomic mass is 16.6. The topological polar surface area (TPSA) is 62.9 Å². The van der Waals surface area contributed by atoms with Crippen molar-refractivity contribution in [2.75, 3.05) is 21.3 Å². The molecule has 0 saturated heterocycles. The van der Waals surface area contributed by atoms with Gasteiger partial charge < -0.3 is 14.2 Å². The Morgan fingerprint density at radius 2 is 1.44 bits per heavy atom. The van der Waals surface area contributed by atoms with Crippen molar-refractivity contribution in [2.24, 2.45) is 5.90 Å². The Hall–Kier alpha value is -1.46. The van der Waals surface area contributed by atoms with E-state index in [9.17, 15) is 0 Å². The lowest BCUT2D eigenvalue weighted by Gasteiger charge is -2.17. The molecule has 5 heteroatoms. The van der Waals surface area contributed by atoms with Crippen molar-refractivity contribution >= 4 is 0 Å². The van der Waals surface area contributed by atoms with Crippen LogP contribution in [0.1, 0.15) is 18.6 Å². The summed E-state index contributed by atoms with van der Waals surface area (Å²) in [6.07, 6.45) is -0.283. The maximum Gasteiger partial charge on any atom is 0.164 e. The van der Waals surface area contributed by atoms with Crippen molar-refractivity contribution in [3.05, 3.63) is 17.7 Å². The first-order valence-corrected chi connectivity index (χ1v) is 4.83. The fourth-order valence-corrected chi connectivity index (χ4v) is 1.44. The van der Waals surface area contributed by atoms with Gasteiger partial charge in [0, 0.05) is 11.6 Å². The smallest absolute Gasteiger partial charge is 0.164 e. The predicted molar refractivity (Wildman–Crippen MR) is 59.8 cm³/mol. The minimum Gasteiger partial charge on any atom is -0.496 e. The summed E-state index contributed by atoms with van der Waals surface area (Å²) in [5, 5.41) is 0. The van der Waals surface area contributed by atoms with Crippen LogP contribution in [0.4, 0.5) is 0 Å². The van der Waals surface area contributed by atoms with Gasteiger partial charge in [0.15, 0.2) is 11.5 Å². The molecule has 90 valence electrons. The SMILES string of the molecule is COc1cc(OC)c(C(C)ON)cc1OC. The molecule has 2 N–H and O–H groups in total. The number of ether oxygens (including phenoxy) is 3. The maximum atomic E-state index is 5.24. The first-order valence-electron chi connectivity index (χ1n) is 4.83. The minimum atomic E-state index is -0.283. The summed E-state index contributed by atoms with van der Waals surface area (Å²) in [6.45, 7) is 1.82. The van der Waals surface area contributed by atoms with E-state index in [1.807, 2.05) is 6.92 Å². The normalized spacial score (nSPS) is 12.1. The van der Waals surface area contributed by atoms with Crippen LogP contribution in [-0.4, -0.2) is 21.3 Å². The lowest BCUT2D eigenvalue weighted by molar-refractivity contribution is 0.0643. The van der Waals surface area contributed by atoms with Crippen LogP contribution >= 0.6 is 0 Å². The van der Waals surface area contributed by atoms with E-state index >= 15 is 0 Å². The Labute approximate surface area is 95.0 Å². The first kappa shape index (κ1) is 12.6.